The molecule has 1 aliphatic rings. The second-order valence-electron chi connectivity index (χ2n) is 7.23. The molecule has 2 rings (SSSR count). The van der Waals surface area contributed by atoms with E-state index in [0.717, 1.165) is 13.1 Å². The number of amides is 1. The first-order chi connectivity index (χ1) is 9.20. The van der Waals surface area contributed by atoms with Crippen molar-refractivity contribution in [3.05, 3.63) is 35.4 Å². The van der Waals surface area contributed by atoms with Gasteiger partial charge in [-0.05, 0) is 30.4 Å². The zero-order valence-corrected chi connectivity index (χ0v) is 13.3. The Morgan fingerprint density at radius 3 is 2.35 bits per heavy atom. The van der Waals surface area contributed by atoms with Crippen molar-refractivity contribution < 1.29 is 4.79 Å². The molecule has 3 heteroatoms. The summed E-state index contributed by atoms with van der Waals surface area (Å²) in [6.45, 7) is 12.9. The number of hydrogen-bond donors (Lipinski definition) is 1. The minimum absolute atomic E-state index is 0.172. The molecule has 0 saturated carbocycles. The first-order valence-corrected chi connectivity index (χ1v) is 7.34. The van der Waals surface area contributed by atoms with E-state index in [1.54, 1.807) is 0 Å². The molecular formula is C17H26N2O. The molecule has 0 unspecified atom stereocenters. The van der Waals surface area contributed by atoms with Gasteiger partial charge in [0.25, 0.3) is 0 Å². The van der Waals surface area contributed by atoms with Gasteiger partial charge in [-0.1, -0.05) is 45.0 Å². The van der Waals surface area contributed by atoms with Gasteiger partial charge in [-0.25, -0.2) is 0 Å². The Bertz CT molecular complexity index is 483. The average molecular weight is 274 g/mol. The number of piperazine rings is 1. The van der Waals surface area contributed by atoms with E-state index >= 15 is 0 Å². The highest BCUT2D eigenvalue weighted by Gasteiger charge is 2.34. The predicted octanol–water partition coefficient (Wildman–Crippen LogP) is 2.69. The van der Waals surface area contributed by atoms with Crippen LogP contribution in [0.5, 0.6) is 0 Å². The summed E-state index contributed by atoms with van der Waals surface area (Å²) in [4.78, 5) is 14.3. The molecule has 1 aliphatic heterocycles. The molecule has 0 spiro atoms. The van der Waals surface area contributed by atoms with Gasteiger partial charge in [-0.15, -0.1) is 0 Å². The third kappa shape index (κ3) is 3.21. The lowest BCUT2D eigenvalue weighted by Gasteiger charge is -2.38. The highest BCUT2D eigenvalue weighted by molar-refractivity contribution is 5.86. The van der Waals surface area contributed by atoms with Crippen molar-refractivity contribution in [2.45, 2.75) is 52.1 Å². The Morgan fingerprint density at radius 1 is 1.20 bits per heavy atom. The van der Waals surface area contributed by atoms with Crippen LogP contribution in [0.4, 0.5) is 0 Å². The molecule has 0 radical (unpaired) electrons. The van der Waals surface area contributed by atoms with Gasteiger partial charge < -0.3 is 10.2 Å². The van der Waals surface area contributed by atoms with Crippen molar-refractivity contribution in [3.8, 4) is 0 Å². The number of carbonyl (C=O) groups excluding carboxylic acids is 1. The zero-order valence-electron chi connectivity index (χ0n) is 13.3. The standard InChI is InChI=1S/C17H26N2O/c1-16(2,3)14-8-6-13(7-9-14)12-19-11-10-18-17(4,5)15(19)20/h6-9,18H,10-12H2,1-5H3. The molecule has 1 aromatic rings. The molecule has 1 fully saturated rings. The molecule has 1 amide bonds. The molecule has 1 aromatic carbocycles. The normalized spacial score (nSPS) is 19.2. The van der Waals surface area contributed by atoms with Gasteiger partial charge in [0.2, 0.25) is 5.91 Å². The van der Waals surface area contributed by atoms with E-state index in [1.165, 1.54) is 11.1 Å². The molecule has 0 bridgehead atoms. The van der Waals surface area contributed by atoms with Gasteiger partial charge in [0.05, 0.1) is 5.54 Å². The molecule has 1 heterocycles. The Labute approximate surface area is 122 Å². The van der Waals surface area contributed by atoms with E-state index in [2.05, 4.69) is 50.4 Å². The second kappa shape index (κ2) is 5.21. The van der Waals surface area contributed by atoms with Crippen LogP contribution in [0.15, 0.2) is 24.3 Å². The van der Waals surface area contributed by atoms with Crippen molar-refractivity contribution in [2.75, 3.05) is 13.1 Å². The quantitative estimate of drug-likeness (QED) is 0.899. The van der Waals surface area contributed by atoms with E-state index in [1.807, 2.05) is 18.7 Å². The fourth-order valence-electron chi connectivity index (χ4n) is 2.56. The van der Waals surface area contributed by atoms with Crippen LogP contribution >= 0.6 is 0 Å². The molecule has 0 aromatic heterocycles. The summed E-state index contributed by atoms with van der Waals surface area (Å²) in [5.74, 6) is 0.184. The van der Waals surface area contributed by atoms with Crippen molar-refractivity contribution >= 4 is 5.91 Å². The lowest BCUT2D eigenvalue weighted by atomic mass is 9.86. The monoisotopic (exact) mass is 274 g/mol. The zero-order chi connectivity index (χ0) is 15.0. The SMILES string of the molecule is CC1(C)NCCN(Cc2ccc(C(C)(C)C)cc2)C1=O. The third-order valence-corrected chi connectivity index (χ3v) is 3.96. The molecule has 20 heavy (non-hydrogen) atoms. The van der Waals surface area contributed by atoms with Gasteiger partial charge in [0.15, 0.2) is 0 Å². The van der Waals surface area contributed by atoms with Crippen LogP contribution in [0.2, 0.25) is 0 Å². The van der Waals surface area contributed by atoms with Crippen LogP contribution in [0.25, 0.3) is 0 Å². The number of carbonyl (C=O) groups is 1. The number of nitrogens with zero attached hydrogens (tertiary/aromatic N) is 1. The Morgan fingerprint density at radius 2 is 1.80 bits per heavy atom. The lowest BCUT2D eigenvalue weighted by molar-refractivity contribution is -0.140. The lowest BCUT2D eigenvalue weighted by Crippen LogP contribution is -2.60. The van der Waals surface area contributed by atoms with E-state index in [4.69, 9.17) is 0 Å². The minimum Gasteiger partial charge on any atom is -0.336 e. The Hall–Kier alpha value is -1.35. The largest absolute Gasteiger partial charge is 0.336 e. The van der Waals surface area contributed by atoms with Crippen molar-refractivity contribution in [1.82, 2.24) is 10.2 Å². The maximum Gasteiger partial charge on any atom is 0.242 e. The summed E-state index contributed by atoms with van der Waals surface area (Å²) in [6.07, 6.45) is 0. The molecule has 0 aliphatic carbocycles. The minimum atomic E-state index is -0.441. The van der Waals surface area contributed by atoms with Gasteiger partial charge in [-0.2, -0.15) is 0 Å². The van der Waals surface area contributed by atoms with Crippen LogP contribution < -0.4 is 5.32 Å². The van der Waals surface area contributed by atoms with Gasteiger partial charge >= 0.3 is 0 Å². The van der Waals surface area contributed by atoms with Crippen LogP contribution in [-0.4, -0.2) is 29.4 Å². The van der Waals surface area contributed by atoms with Crippen LogP contribution in [0.3, 0.4) is 0 Å². The van der Waals surface area contributed by atoms with Gasteiger partial charge in [-0.3, -0.25) is 4.79 Å². The Kier molecular flexibility index (Phi) is 3.92. The first kappa shape index (κ1) is 15.0. The van der Waals surface area contributed by atoms with Crippen molar-refractivity contribution in [1.29, 1.82) is 0 Å². The van der Waals surface area contributed by atoms with Crippen LogP contribution in [-0.2, 0) is 16.8 Å². The predicted molar refractivity (Wildman–Crippen MR) is 82.6 cm³/mol. The second-order valence-corrected chi connectivity index (χ2v) is 7.23. The van der Waals surface area contributed by atoms with Crippen molar-refractivity contribution in [3.63, 3.8) is 0 Å². The highest BCUT2D eigenvalue weighted by atomic mass is 16.2. The summed E-state index contributed by atoms with van der Waals surface area (Å²) < 4.78 is 0. The van der Waals surface area contributed by atoms with Crippen LogP contribution in [0, 0.1) is 0 Å². The van der Waals surface area contributed by atoms with E-state index in [9.17, 15) is 4.79 Å². The molecule has 3 nitrogen and oxygen atoms in total. The number of hydrogen-bond acceptors (Lipinski definition) is 2. The third-order valence-electron chi connectivity index (χ3n) is 3.96. The fraction of sp³-hybridized carbons (Fsp3) is 0.588. The maximum atomic E-state index is 12.3. The molecular weight excluding hydrogens is 248 g/mol. The summed E-state index contributed by atoms with van der Waals surface area (Å²) in [7, 11) is 0. The van der Waals surface area contributed by atoms with E-state index in [0.29, 0.717) is 6.54 Å². The number of nitrogens with one attached hydrogen (secondary N) is 1. The van der Waals surface area contributed by atoms with Crippen LogP contribution in [0.1, 0.15) is 45.7 Å². The summed E-state index contributed by atoms with van der Waals surface area (Å²) >= 11 is 0. The smallest absolute Gasteiger partial charge is 0.242 e. The van der Waals surface area contributed by atoms with Crippen molar-refractivity contribution in [2.24, 2.45) is 0 Å². The molecule has 0 atom stereocenters. The number of rotatable bonds is 2. The fourth-order valence-corrected chi connectivity index (χ4v) is 2.56. The summed E-state index contributed by atoms with van der Waals surface area (Å²) in [5.41, 5.74) is 2.26. The number of benzene rings is 1. The van der Waals surface area contributed by atoms with Gasteiger partial charge in [0, 0.05) is 19.6 Å². The molecule has 110 valence electrons. The summed E-state index contributed by atoms with van der Waals surface area (Å²) in [5, 5.41) is 3.26. The topological polar surface area (TPSA) is 32.3 Å². The van der Waals surface area contributed by atoms with Gasteiger partial charge in [0.1, 0.15) is 0 Å². The Balaban J connectivity index is 2.09. The maximum absolute atomic E-state index is 12.3. The molecule has 1 saturated heterocycles. The highest BCUT2D eigenvalue weighted by Crippen LogP contribution is 2.23. The van der Waals surface area contributed by atoms with E-state index < -0.39 is 5.54 Å². The average Bonchev–Trinajstić information content (AvgIpc) is 2.34. The molecule has 1 N–H and O–H groups in total. The van der Waals surface area contributed by atoms with E-state index in [-0.39, 0.29) is 11.3 Å². The summed E-state index contributed by atoms with van der Waals surface area (Å²) in [6, 6.07) is 8.63. The first-order valence-electron chi connectivity index (χ1n) is 7.34.